The van der Waals surface area contributed by atoms with Crippen LogP contribution in [0, 0.1) is 5.82 Å². The van der Waals surface area contributed by atoms with Crippen molar-refractivity contribution in [3.05, 3.63) is 74.9 Å². The quantitative estimate of drug-likeness (QED) is 0.309. The lowest BCUT2D eigenvalue weighted by molar-refractivity contribution is -0.242. The van der Waals surface area contributed by atoms with Gasteiger partial charge in [0.1, 0.15) is 5.82 Å². The topological polar surface area (TPSA) is 146 Å². The molecule has 0 spiro atoms. The summed E-state index contributed by atoms with van der Waals surface area (Å²) in [5, 5.41) is 14.6. The van der Waals surface area contributed by atoms with Crippen LogP contribution < -0.4 is 11.1 Å². The number of anilines is 1. The highest BCUT2D eigenvalue weighted by Crippen LogP contribution is 2.38. The molecule has 0 saturated carbocycles. The number of benzene rings is 2. The summed E-state index contributed by atoms with van der Waals surface area (Å²) >= 11 is 3.04. The van der Waals surface area contributed by atoms with Gasteiger partial charge in [-0.15, -0.1) is 5.06 Å². The molecule has 1 saturated heterocycles. The number of hydroxylamine groups is 2. The van der Waals surface area contributed by atoms with Gasteiger partial charge in [0.05, 0.1) is 15.6 Å². The smallest absolute Gasteiger partial charge is 0.361 e. The third-order valence-corrected chi connectivity index (χ3v) is 7.09. The zero-order valence-corrected chi connectivity index (χ0v) is 22.1. The van der Waals surface area contributed by atoms with Crippen molar-refractivity contribution in [2.24, 2.45) is 0 Å². The van der Waals surface area contributed by atoms with Gasteiger partial charge in [-0.05, 0) is 62.8 Å². The molecule has 5 rings (SSSR count). The third-order valence-electron chi connectivity index (χ3n) is 6.48. The van der Waals surface area contributed by atoms with E-state index < -0.39 is 35.0 Å². The van der Waals surface area contributed by atoms with Crippen LogP contribution in [-0.2, 0) is 19.8 Å². The molecule has 2 aromatic heterocycles. The van der Waals surface area contributed by atoms with Crippen LogP contribution in [-0.4, -0.2) is 56.2 Å². The molecule has 0 bridgehead atoms. The molecular weight excluding hydrogens is 624 g/mol. The van der Waals surface area contributed by atoms with Gasteiger partial charge in [-0.2, -0.15) is 13.2 Å². The van der Waals surface area contributed by atoms with Gasteiger partial charge in [0, 0.05) is 13.1 Å². The van der Waals surface area contributed by atoms with Gasteiger partial charge in [-0.25, -0.2) is 23.2 Å². The van der Waals surface area contributed by atoms with E-state index in [0.717, 1.165) is 15.7 Å². The summed E-state index contributed by atoms with van der Waals surface area (Å²) in [6, 6.07) is 12.2. The van der Waals surface area contributed by atoms with Crippen molar-refractivity contribution < 1.29 is 41.1 Å². The number of amides is 1. The summed E-state index contributed by atoms with van der Waals surface area (Å²) < 4.78 is 62.4. The number of aromatic nitrogens is 4. The maximum absolute atomic E-state index is 13.8. The number of rotatable bonds is 6. The first kappa shape index (κ1) is 28.2. The van der Waals surface area contributed by atoms with E-state index >= 15 is 0 Å². The molecule has 2 aromatic carbocycles. The molecule has 12 nitrogen and oxygen atoms in total. The lowest BCUT2D eigenvalue weighted by atomic mass is 9.72. The van der Waals surface area contributed by atoms with Crippen molar-refractivity contribution in [3.63, 3.8) is 0 Å². The molecule has 1 fully saturated rings. The Morgan fingerprint density at radius 1 is 1.05 bits per heavy atom. The molecule has 3 heterocycles. The van der Waals surface area contributed by atoms with E-state index in [-0.39, 0.29) is 53.4 Å². The summed E-state index contributed by atoms with van der Waals surface area (Å²) in [5.74, 6) is -4.96. The first-order chi connectivity index (χ1) is 19.5. The molecule has 0 atom stereocenters. The fraction of sp³-hybridized carbons (Fsp3) is 0.250. The lowest BCUT2D eigenvalue weighted by Gasteiger charge is -2.39. The van der Waals surface area contributed by atoms with Gasteiger partial charge in [-0.1, -0.05) is 35.5 Å². The summed E-state index contributed by atoms with van der Waals surface area (Å²) in [7, 11) is 0. The summed E-state index contributed by atoms with van der Waals surface area (Å²) in [6.07, 6.45) is -5.24. The molecule has 1 N–H and O–H groups in total. The van der Waals surface area contributed by atoms with E-state index in [1.807, 2.05) is 0 Å². The van der Waals surface area contributed by atoms with Gasteiger partial charge in [0.2, 0.25) is 17.5 Å². The average molecular weight is 641 g/mol. The molecule has 0 unspecified atom stereocenters. The lowest BCUT2D eigenvalue weighted by Crippen LogP contribution is -2.50. The second-order valence-electron chi connectivity index (χ2n) is 8.88. The maximum Gasteiger partial charge on any atom is 0.492 e. The van der Waals surface area contributed by atoms with Crippen LogP contribution in [0.5, 0.6) is 0 Å². The Morgan fingerprint density at radius 2 is 1.76 bits per heavy atom. The normalized spacial score (nSPS) is 15.4. The second kappa shape index (κ2) is 10.9. The Bertz CT molecular complexity index is 1650. The molecule has 1 aliphatic rings. The van der Waals surface area contributed by atoms with E-state index in [0.29, 0.717) is 5.56 Å². The van der Waals surface area contributed by atoms with E-state index in [1.165, 1.54) is 12.1 Å². The van der Waals surface area contributed by atoms with Crippen LogP contribution in [0.4, 0.5) is 23.4 Å². The van der Waals surface area contributed by atoms with Crippen LogP contribution >= 0.6 is 15.9 Å². The average Bonchev–Trinajstić information content (AvgIpc) is 3.56. The number of hydrogen-bond acceptors (Lipinski definition) is 10. The van der Waals surface area contributed by atoms with E-state index in [2.05, 4.69) is 41.6 Å². The predicted octanol–water partition coefficient (Wildman–Crippen LogP) is 3.77. The number of halogens is 5. The highest BCUT2D eigenvalue weighted by molar-refractivity contribution is 9.10. The van der Waals surface area contributed by atoms with Crippen molar-refractivity contribution in [3.8, 4) is 17.2 Å². The molecule has 1 amide bonds. The Morgan fingerprint density at radius 3 is 2.41 bits per heavy atom. The fourth-order valence-corrected chi connectivity index (χ4v) is 4.79. The highest BCUT2D eigenvalue weighted by Gasteiger charge is 2.47. The Balaban J connectivity index is 1.44. The number of carbonyl (C=O) groups is 2. The number of alkyl halides is 3. The van der Waals surface area contributed by atoms with Gasteiger partial charge < -0.3 is 10.2 Å². The van der Waals surface area contributed by atoms with Gasteiger partial charge in [0.25, 0.3) is 0 Å². The van der Waals surface area contributed by atoms with Gasteiger partial charge in [0.15, 0.2) is 5.69 Å². The molecular formula is C24H17BrF4N6O6. The van der Waals surface area contributed by atoms with Crippen molar-refractivity contribution in [2.75, 3.05) is 18.4 Å². The second-order valence-corrected chi connectivity index (χ2v) is 9.73. The Labute approximate surface area is 234 Å². The minimum atomic E-state index is -5.17. The minimum Gasteiger partial charge on any atom is -0.361 e. The van der Waals surface area contributed by atoms with Crippen LogP contribution in [0.2, 0.25) is 0 Å². The standard InChI is InChI=1S/C24H17BrF4N6O6/c25-15-12-14(6-7-16(15)26)35-19(33-39-22(35)38)17-18(32-41-31-17)30-20(36)23(13-4-2-1-3-5-13)8-10-34(11-9-23)40-21(37)24(27,28)29/h1-7,12H,8-11H2,(H,30,32,36). The fourth-order valence-electron chi connectivity index (χ4n) is 4.43. The van der Waals surface area contributed by atoms with Crippen molar-refractivity contribution in [1.82, 2.24) is 25.1 Å². The van der Waals surface area contributed by atoms with Gasteiger partial charge in [-0.3, -0.25) is 9.32 Å². The van der Waals surface area contributed by atoms with E-state index in [1.54, 1.807) is 30.3 Å². The van der Waals surface area contributed by atoms with E-state index in [9.17, 15) is 31.9 Å². The highest BCUT2D eigenvalue weighted by atomic mass is 79.9. The Hall–Kier alpha value is -4.38. The molecule has 0 aliphatic carbocycles. The number of nitrogens with zero attached hydrogens (tertiary/aromatic N) is 5. The predicted molar refractivity (Wildman–Crippen MR) is 133 cm³/mol. The van der Waals surface area contributed by atoms with Crippen molar-refractivity contribution in [2.45, 2.75) is 24.4 Å². The molecule has 4 aromatic rings. The zero-order valence-electron chi connectivity index (χ0n) is 20.5. The molecule has 1 aliphatic heterocycles. The molecule has 0 radical (unpaired) electrons. The number of piperidine rings is 1. The van der Waals surface area contributed by atoms with Crippen LogP contribution in [0.3, 0.4) is 0 Å². The summed E-state index contributed by atoms with van der Waals surface area (Å²) in [4.78, 5) is 42.0. The number of carbonyl (C=O) groups excluding carboxylic acids is 2. The summed E-state index contributed by atoms with van der Waals surface area (Å²) in [6.45, 7) is -0.368. The largest absolute Gasteiger partial charge is 0.492 e. The van der Waals surface area contributed by atoms with Crippen LogP contribution in [0.1, 0.15) is 18.4 Å². The monoisotopic (exact) mass is 640 g/mol. The van der Waals surface area contributed by atoms with Crippen LogP contribution in [0.25, 0.3) is 17.2 Å². The van der Waals surface area contributed by atoms with Crippen LogP contribution in [0.15, 0.2) is 67.0 Å². The van der Waals surface area contributed by atoms with E-state index in [4.69, 9.17) is 9.15 Å². The first-order valence-electron chi connectivity index (χ1n) is 11.8. The molecule has 214 valence electrons. The zero-order chi connectivity index (χ0) is 29.4. The first-order valence-corrected chi connectivity index (χ1v) is 12.6. The van der Waals surface area contributed by atoms with Crippen molar-refractivity contribution >= 4 is 33.6 Å². The molecule has 17 heteroatoms. The molecule has 41 heavy (non-hydrogen) atoms. The minimum absolute atomic E-state index is 0.0348. The Kier molecular flexibility index (Phi) is 7.48. The summed E-state index contributed by atoms with van der Waals surface area (Å²) in [5.41, 5.74) is -0.776. The van der Waals surface area contributed by atoms with Gasteiger partial charge >= 0.3 is 17.9 Å². The van der Waals surface area contributed by atoms with Crippen molar-refractivity contribution in [1.29, 1.82) is 0 Å². The number of nitrogens with one attached hydrogen (secondary N) is 1. The SMILES string of the molecule is O=C(ON1CCC(C(=O)Nc2nonc2-c2noc(=O)n2-c2ccc(F)c(Br)c2)(c2ccccc2)CC1)C(F)(F)F. The number of hydrogen-bond donors (Lipinski definition) is 1. The third kappa shape index (κ3) is 5.49. The maximum atomic E-state index is 13.8.